The fraction of sp³-hybridized carbons (Fsp3) is 0.273. The van der Waals surface area contributed by atoms with Crippen molar-refractivity contribution in [2.75, 3.05) is 20.6 Å². The zero-order chi connectivity index (χ0) is 21.5. The molecule has 6 nitrogen and oxygen atoms in total. The number of rotatable bonds is 9. The monoisotopic (exact) mass is 414 g/mol. The molecule has 1 amide bonds. The molecule has 1 unspecified atom stereocenters. The van der Waals surface area contributed by atoms with Crippen molar-refractivity contribution in [3.05, 3.63) is 83.7 Å². The van der Waals surface area contributed by atoms with E-state index in [1.54, 1.807) is 24.4 Å². The van der Waals surface area contributed by atoms with Crippen molar-refractivity contribution < 1.29 is 18.3 Å². The quantitative estimate of drug-likeness (QED) is 0.581. The van der Waals surface area contributed by atoms with E-state index < -0.39 is 0 Å². The van der Waals surface area contributed by atoms with Crippen LogP contribution in [-0.4, -0.2) is 41.2 Å². The van der Waals surface area contributed by atoms with E-state index in [2.05, 4.69) is 10.4 Å². The van der Waals surface area contributed by atoms with Crippen LogP contribution in [-0.2, 0) is 6.73 Å². The maximum atomic E-state index is 13.3. The first kappa shape index (κ1) is 21.4. The van der Waals surface area contributed by atoms with Gasteiger partial charge in [-0.3, -0.25) is 4.79 Å². The third-order valence-corrected chi connectivity index (χ3v) is 4.49. The summed E-state index contributed by atoms with van der Waals surface area (Å²) in [6, 6.07) is 13.1. The average Bonchev–Trinajstić information content (AvgIpc) is 3.20. The molecule has 0 aliphatic heterocycles. The zero-order valence-corrected chi connectivity index (χ0v) is 16.9. The van der Waals surface area contributed by atoms with E-state index in [9.17, 15) is 13.6 Å². The highest BCUT2D eigenvalue weighted by Crippen LogP contribution is 2.18. The fourth-order valence-corrected chi connectivity index (χ4v) is 2.86. The summed E-state index contributed by atoms with van der Waals surface area (Å²) in [5.41, 5.74) is 1.07. The minimum atomic E-state index is -0.342. The Kier molecular flexibility index (Phi) is 7.13. The van der Waals surface area contributed by atoms with Crippen molar-refractivity contribution in [3.8, 4) is 5.75 Å². The highest BCUT2D eigenvalue weighted by molar-refractivity contribution is 5.92. The molecule has 8 heteroatoms. The van der Waals surface area contributed by atoms with Crippen molar-refractivity contribution in [2.24, 2.45) is 0 Å². The molecule has 30 heavy (non-hydrogen) atoms. The summed E-state index contributed by atoms with van der Waals surface area (Å²) in [6.45, 7) is 0.837. The van der Waals surface area contributed by atoms with Crippen molar-refractivity contribution in [2.45, 2.75) is 19.2 Å². The lowest BCUT2D eigenvalue weighted by Crippen LogP contribution is -2.31. The van der Waals surface area contributed by atoms with Crippen LogP contribution in [0.25, 0.3) is 0 Å². The molecule has 0 fully saturated rings. The van der Waals surface area contributed by atoms with E-state index in [0.29, 0.717) is 12.2 Å². The molecule has 3 rings (SSSR count). The summed E-state index contributed by atoms with van der Waals surface area (Å²) in [7, 11) is 3.90. The third kappa shape index (κ3) is 6.12. The second-order valence-electron chi connectivity index (χ2n) is 7.14. The summed E-state index contributed by atoms with van der Waals surface area (Å²) >= 11 is 0. The molecule has 1 aromatic heterocycles. The first-order chi connectivity index (χ1) is 14.4. The number of aromatic nitrogens is 2. The van der Waals surface area contributed by atoms with Gasteiger partial charge < -0.3 is 15.0 Å². The van der Waals surface area contributed by atoms with Gasteiger partial charge in [-0.05, 0) is 75.1 Å². The number of carbonyl (C=O) groups excluding carboxylic acids is 1. The Morgan fingerprint density at radius 3 is 2.33 bits per heavy atom. The number of nitrogens with zero attached hydrogens (tertiary/aromatic N) is 3. The molecule has 158 valence electrons. The normalized spacial score (nSPS) is 12.0. The number of amides is 1. The minimum Gasteiger partial charge on any atom is -0.471 e. The van der Waals surface area contributed by atoms with Crippen LogP contribution in [0.3, 0.4) is 0 Å². The summed E-state index contributed by atoms with van der Waals surface area (Å²) in [5, 5.41) is 7.21. The second-order valence-corrected chi connectivity index (χ2v) is 7.14. The van der Waals surface area contributed by atoms with Gasteiger partial charge in [-0.2, -0.15) is 5.10 Å². The molecular weight excluding hydrogens is 390 g/mol. The van der Waals surface area contributed by atoms with Crippen molar-refractivity contribution in [1.82, 2.24) is 20.0 Å². The molecule has 3 aromatic rings. The van der Waals surface area contributed by atoms with Crippen LogP contribution in [0, 0.1) is 11.6 Å². The minimum absolute atomic E-state index is 0.0843. The lowest BCUT2D eigenvalue weighted by Gasteiger charge is -2.21. The summed E-state index contributed by atoms with van der Waals surface area (Å²) in [4.78, 5) is 14.7. The summed E-state index contributed by atoms with van der Waals surface area (Å²) in [6.07, 6.45) is 2.30. The number of hydrogen-bond acceptors (Lipinski definition) is 4. The summed E-state index contributed by atoms with van der Waals surface area (Å²) < 4.78 is 33.2. The fourth-order valence-electron chi connectivity index (χ4n) is 2.86. The van der Waals surface area contributed by atoms with Crippen LogP contribution in [0.5, 0.6) is 5.75 Å². The van der Waals surface area contributed by atoms with E-state index in [-0.39, 0.29) is 36.0 Å². The molecule has 0 aliphatic rings. The largest absolute Gasteiger partial charge is 0.471 e. The topological polar surface area (TPSA) is 59.4 Å². The molecule has 0 radical (unpaired) electrons. The lowest BCUT2D eigenvalue weighted by atomic mass is 10.0. The lowest BCUT2D eigenvalue weighted by molar-refractivity contribution is 0.0925. The number of halogens is 2. The van der Waals surface area contributed by atoms with Gasteiger partial charge in [0, 0.05) is 6.20 Å². The van der Waals surface area contributed by atoms with Gasteiger partial charge in [0.25, 0.3) is 5.91 Å². The standard InChI is InChI=1S/C22H24F2N4O2/c1-27(2)13-11-20(16-3-5-17(23)6-4-16)25-22(29)21-12-14-28(26-21)15-30-19-9-7-18(24)8-10-19/h3-10,12,14,20H,11,13,15H2,1-2H3,(H,25,29). The highest BCUT2D eigenvalue weighted by atomic mass is 19.1. The van der Waals surface area contributed by atoms with E-state index in [4.69, 9.17) is 4.74 Å². The van der Waals surface area contributed by atoms with Crippen LogP contribution < -0.4 is 10.1 Å². The van der Waals surface area contributed by atoms with Crippen LogP contribution in [0.1, 0.15) is 28.5 Å². The number of nitrogens with one attached hydrogen (secondary N) is 1. The molecule has 0 saturated carbocycles. The molecule has 0 bridgehead atoms. The first-order valence-electron chi connectivity index (χ1n) is 9.53. The Bertz CT molecular complexity index is 956. The molecule has 1 heterocycles. The molecule has 1 atom stereocenters. The first-order valence-corrected chi connectivity index (χ1v) is 9.53. The van der Waals surface area contributed by atoms with E-state index in [1.807, 2.05) is 19.0 Å². The molecule has 0 spiro atoms. The number of ether oxygens (including phenoxy) is 1. The van der Waals surface area contributed by atoms with Gasteiger partial charge in [0.15, 0.2) is 6.73 Å². The molecular formula is C22H24F2N4O2. The number of carbonyl (C=O) groups is 1. The summed E-state index contributed by atoms with van der Waals surface area (Å²) in [5.74, 6) is -0.497. The Morgan fingerprint density at radius 1 is 1.07 bits per heavy atom. The van der Waals surface area contributed by atoms with Crippen molar-refractivity contribution >= 4 is 5.91 Å². The van der Waals surface area contributed by atoms with Gasteiger partial charge >= 0.3 is 0 Å². The Hall–Kier alpha value is -3.26. The SMILES string of the molecule is CN(C)CCC(NC(=O)c1ccn(COc2ccc(F)cc2)n1)c1ccc(F)cc1. The Labute approximate surface area is 174 Å². The Morgan fingerprint density at radius 2 is 1.70 bits per heavy atom. The van der Waals surface area contributed by atoms with E-state index in [1.165, 1.54) is 41.1 Å². The number of benzene rings is 2. The molecule has 0 aliphatic carbocycles. The molecule has 1 N–H and O–H groups in total. The predicted octanol–water partition coefficient (Wildman–Crippen LogP) is 3.62. The predicted molar refractivity (Wildman–Crippen MR) is 109 cm³/mol. The maximum Gasteiger partial charge on any atom is 0.272 e. The average molecular weight is 414 g/mol. The molecule has 2 aromatic carbocycles. The van der Waals surface area contributed by atoms with Crippen molar-refractivity contribution in [3.63, 3.8) is 0 Å². The smallest absolute Gasteiger partial charge is 0.272 e. The highest BCUT2D eigenvalue weighted by Gasteiger charge is 2.18. The molecule has 0 saturated heterocycles. The van der Waals surface area contributed by atoms with Crippen molar-refractivity contribution in [1.29, 1.82) is 0 Å². The van der Waals surface area contributed by atoms with Gasteiger partial charge in [0.05, 0.1) is 6.04 Å². The number of hydrogen-bond donors (Lipinski definition) is 1. The van der Waals surface area contributed by atoms with Gasteiger partial charge in [-0.15, -0.1) is 0 Å². The second kappa shape index (κ2) is 9.98. The van der Waals surface area contributed by atoms with Gasteiger partial charge in [-0.25, -0.2) is 13.5 Å². The van der Waals surface area contributed by atoms with Gasteiger partial charge in [0.1, 0.15) is 23.1 Å². The van der Waals surface area contributed by atoms with Crippen LogP contribution in [0.2, 0.25) is 0 Å². The van der Waals surface area contributed by atoms with Gasteiger partial charge in [-0.1, -0.05) is 12.1 Å². The van der Waals surface area contributed by atoms with Crippen LogP contribution in [0.15, 0.2) is 60.8 Å². The van der Waals surface area contributed by atoms with E-state index in [0.717, 1.165) is 12.1 Å². The van der Waals surface area contributed by atoms with Crippen LogP contribution >= 0.6 is 0 Å². The maximum absolute atomic E-state index is 13.3. The Balaban J connectivity index is 1.63. The van der Waals surface area contributed by atoms with Crippen LogP contribution in [0.4, 0.5) is 8.78 Å². The van der Waals surface area contributed by atoms with Gasteiger partial charge in [0.2, 0.25) is 0 Å². The zero-order valence-electron chi connectivity index (χ0n) is 16.9. The van der Waals surface area contributed by atoms with E-state index >= 15 is 0 Å². The third-order valence-electron chi connectivity index (χ3n) is 4.49.